The first-order valence-electron chi connectivity index (χ1n) is 9.61. The van der Waals surface area contributed by atoms with E-state index in [-0.39, 0.29) is 11.2 Å². The normalized spacial score (nSPS) is 25.5. The zero-order chi connectivity index (χ0) is 19.9. The van der Waals surface area contributed by atoms with Gasteiger partial charge in [-0.3, -0.25) is 14.8 Å². The van der Waals surface area contributed by atoms with Gasteiger partial charge in [0.15, 0.2) is 5.78 Å². The number of ether oxygens (including phenoxy) is 1. The molecule has 7 nitrogen and oxygen atoms in total. The lowest BCUT2D eigenvalue weighted by Gasteiger charge is -2.48. The smallest absolute Gasteiger partial charge is 0.162 e. The number of morpholine rings is 1. The lowest BCUT2D eigenvalue weighted by atomic mass is 9.69. The molecule has 1 aromatic rings. The number of rotatable bonds is 2. The third-order valence-electron chi connectivity index (χ3n) is 5.64. The summed E-state index contributed by atoms with van der Waals surface area (Å²) in [4.78, 5) is 17.5. The van der Waals surface area contributed by atoms with Crippen LogP contribution < -0.4 is 5.73 Å². The van der Waals surface area contributed by atoms with Crippen molar-refractivity contribution < 1.29 is 9.53 Å². The van der Waals surface area contributed by atoms with Gasteiger partial charge in [-0.05, 0) is 23.5 Å². The van der Waals surface area contributed by atoms with Crippen molar-refractivity contribution in [3.8, 4) is 6.07 Å². The Bertz CT molecular complexity index is 891. The van der Waals surface area contributed by atoms with Gasteiger partial charge in [-0.15, -0.1) is 0 Å². The van der Waals surface area contributed by atoms with Gasteiger partial charge in [0.2, 0.25) is 0 Å². The zero-order valence-electron chi connectivity index (χ0n) is 16.3. The number of nitrogens with two attached hydrogens (primary N) is 1. The molecule has 1 atom stereocenters. The summed E-state index contributed by atoms with van der Waals surface area (Å²) >= 11 is 0. The Morgan fingerprint density at radius 1 is 1.32 bits per heavy atom. The maximum Gasteiger partial charge on any atom is 0.162 e. The van der Waals surface area contributed by atoms with E-state index in [0.29, 0.717) is 49.7 Å². The summed E-state index contributed by atoms with van der Waals surface area (Å²) in [6.45, 7) is 6.73. The minimum absolute atomic E-state index is 0.0820. The summed E-state index contributed by atoms with van der Waals surface area (Å²) < 4.78 is 5.49. The predicted molar refractivity (Wildman–Crippen MR) is 103 cm³/mol. The number of hydrogen-bond donors (Lipinski definition) is 1. The molecule has 4 rings (SSSR count). The molecule has 2 aliphatic heterocycles. The molecular formula is C21H25N5O2. The van der Waals surface area contributed by atoms with Crippen molar-refractivity contribution in [2.45, 2.75) is 32.6 Å². The van der Waals surface area contributed by atoms with Crippen LogP contribution in [0.25, 0.3) is 0 Å². The van der Waals surface area contributed by atoms with Crippen LogP contribution in [0.4, 0.5) is 0 Å². The first-order chi connectivity index (χ1) is 13.4. The van der Waals surface area contributed by atoms with Gasteiger partial charge >= 0.3 is 0 Å². The molecule has 0 saturated carbocycles. The second-order valence-electron chi connectivity index (χ2n) is 8.31. The van der Waals surface area contributed by atoms with E-state index >= 15 is 0 Å². The molecule has 28 heavy (non-hydrogen) atoms. The van der Waals surface area contributed by atoms with E-state index in [2.05, 4.69) is 29.9 Å². The third kappa shape index (κ3) is 3.09. The monoisotopic (exact) mass is 379 g/mol. The van der Waals surface area contributed by atoms with E-state index in [4.69, 9.17) is 10.5 Å². The van der Waals surface area contributed by atoms with E-state index < -0.39 is 5.92 Å². The van der Waals surface area contributed by atoms with Crippen LogP contribution in [0, 0.1) is 16.7 Å². The number of nitriles is 1. The summed E-state index contributed by atoms with van der Waals surface area (Å²) in [5, 5.41) is 14.0. The quantitative estimate of drug-likeness (QED) is 0.840. The second-order valence-corrected chi connectivity index (χ2v) is 8.31. The largest absolute Gasteiger partial charge is 0.383 e. The molecule has 0 unspecified atom stereocenters. The Morgan fingerprint density at radius 2 is 2.07 bits per heavy atom. The summed E-state index contributed by atoms with van der Waals surface area (Å²) in [7, 11) is 0. The average Bonchev–Trinajstić information content (AvgIpc) is 2.67. The van der Waals surface area contributed by atoms with E-state index in [0.717, 1.165) is 17.7 Å². The van der Waals surface area contributed by atoms with Gasteiger partial charge in [-0.2, -0.15) is 5.26 Å². The van der Waals surface area contributed by atoms with Crippen LogP contribution >= 0.6 is 0 Å². The van der Waals surface area contributed by atoms with Gasteiger partial charge in [0.05, 0.1) is 30.8 Å². The first-order valence-corrected chi connectivity index (χ1v) is 9.61. The lowest BCUT2D eigenvalue weighted by Crippen LogP contribution is -2.53. The van der Waals surface area contributed by atoms with Crippen molar-refractivity contribution in [3.05, 3.63) is 52.8 Å². The topological polar surface area (TPSA) is 95.5 Å². The Balaban J connectivity index is 1.91. The number of Topliss-reactive ketones (excluding diaryl/α,β-unsaturated/α-hetero) is 1. The van der Waals surface area contributed by atoms with Gasteiger partial charge in [0, 0.05) is 43.2 Å². The number of hydrazine groups is 1. The fourth-order valence-electron chi connectivity index (χ4n) is 4.45. The highest BCUT2D eigenvalue weighted by Gasteiger charge is 2.45. The number of pyridine rings is 1. The SMILES string of the molecule is CC1(C)CC(=O)C2=C(C1)N(N1CCOCC1)C(N)=C(C#N)[C@H]2c1cccnc1. The number of nitrogens with zero attached hydrogens (tertiary/aromatic N) is 4. The average molecular weight is 379 g/mol. The Hall–Kier alpha value is -2.69. The van der Waals surface area contributed by atoms with Gasteiger partial charge < -0.3 is 10.5 Å². The number of carbonyl (C=O) groups is 1. The van der Waals surface area contributed by atoms with Gasteiger partial charge in [-0.25, -0.2) is 5.01 Å². The molecule has 2 N–H and O–H groups in total. The van der Waals surface area contributed by atoms with Crippen LogP contribution in [0.5, 0.6) is 0 Å². The van der Waals surface area contributed by atoms with Crippen molar-refractivity contribution in [1.82, 2.24) is 15.0 Å². The summed E-state index contributed by atoms with van der Waals surface area (Å²) in [6.07, 6.45) is 4.59. The molecular weight excluding hydrogens is 354 g/mol. The number of hydrogen-bond acceptors (Lipinski definition) is 7. The molecule has 0 aromatic carbocycles. The molecule has 146 valence electrons. The van der Waals surface area contributed by atoms with E-state index in [1.54, 1.807) is 12.4 Å². The fourth-order valence-corrected chi connectivity index (χ4v) is 4.45. The molecule has 1 fully saturated rings. The highest BCUT2D eigenvalue weighted by molar-refractivity contribution is 6.00. The minimum atomic E-state index is -0.463. The third-order valence-corrected chi connectivity index (χ3v) is 5.64. The van der Waals surface area contributed by atoms with Crippen molar-refractivity contribution in [2.75, 3.05) is 26.3 Å². The van der Waals surface area contributed by atoms with Crippen LogP contribution in [0.2, 0.25) is 0 Å². The summed E-state index contributed by atoms with van der Waals surface area (Å²) in [5.41, 5.74) is 9.23. The molecule has 0 amide bonds. The molecule has 1 aromatic heterocycles. The minimum Gasteiger partial charge on any atom is -0.383 e. The van der Waals surface area contributed by atoms with Crippen molar-refractivity contribution >= 4 is 5.78 Å². The maximum atomic E-state index is 13.3. The highest BCUT2D eigenvalue weighted by atomic mass is 16.5. The molecule has 1 aliphatic carbocycles. The predicted octanol–water partition coefficient (Wildman–Crippen LogP) is 2.07. The molecule has 3 heterocycles. The van der Waals surface area contributed by atoms with E-state index in [9.17, 15) is 10.1 Å². The standard InChI is InChI=1S/C21H25N5O2/c1-21(2)10-16-19(17(27)11-21)18(14-4-3-5-24-13-14)15(12-22)20(23)26(16)25-6-8-28-9-7-25/h3-5,13,18H,6-11,23H2,1-2H3/t18-/m1/s1. The Morgan fingerprint density at radius 3 is 2.71 bits per heavy atom. The van der Waals surface area contributed by atoms with E-state index in [1.165, 1.54) is 0 Å². The van der Waals surface area contributed by atoms with Crippen LogP contribution in [-0.2, 0) is 9.53 Å². The van der Waals surface area contributed by atoms with E-state index in [1.807, 2.05) is 17.1 Å². The number of allylic oxidation sites excluding steroid dienone is 3. The molecule has 3 aliphatic rings. The molecule has 0 bridgehead atoms. The molecule has 0 spiro atoms. The first kappa shape index (κ1) is 18.7. The molecule has 7 heteroatoms. The highest BCUT2D eigenvalue weighted by Crippen LogP contribution is 2.49. The van der Waals surface area contributed by atoms with Gasteiger partial charge in [-0.1, -0.05) is 19.9 Å². The van der Waals surface area contributed by atoms with Gasteiger partial charge in [0.25, 0.3) is 0 Å². The van der Waals surface area contributed by atoms with Crippen LogP contribution in [-0.4, -0.2) is 47.1 Å². The van der Waals surface area contributed by atoms with Crippen LogP contribution in [0.15, 0.2) is 47.2 Å². The number of aromatic nitrogens is 1. The van der Waals surface area contributed by atoms with Crippen molar-refractivity contribution in [3.63, 3.8) is 0 Å². The number of ketones is 1. The van der Waals surface area contributed by atoms with Crippen molar-refractivity contribution in [1.29, 1.82) is 5.26 Å². The zero-order valence-corrected chi connectivity index (χ0v) is 16.3. The lowest BCUT2D eigenvalue weighted by molar-refractivity contribution is -0.119. The molecule has 1 saturated heterocycles. The van der Waals surface area contributed by atoms with Crippen LogP contribution in [0.3, 0.4) is 0 Å². The fraction of sp³-hybridized carbons (Fsp3) is 0.476. The maximum absolute atomic E-state index is 13.3. The van der Waals surface area contributed by atoms with Crippen molar-refractivity contribution in [2.24, 2.45) is 11.1 Å². The second kappa shape index (κ2) is 7.04. The number of carbonyl (C=O) groups excluding carboxylic acids is 1. The Labute approximate surface area is 165 Å². The van der Waals surface area contributed by atoms with Crippen LogP contribution in [0.1, 0.15) is 38.2 Å². The summed E-state index contributed by atoms with van der Waals surface area (Å²) in [6, 6.07) is 6.02. The van der Waals surface area contributed by atoms with Gasteiger partial charge in [0.1, 0.15) is 5.82 Å². The summed E-state index contributed by atoms with van der Waals surface area (Å²) in [5.74, 6) is 0.0238. The Kier molecular flexibility index (Phi) is 4.69. The molecule has 0 radical (unpaired) electrons.